The van der Waals surface area contributed by atoms with E-state index in [-0.39, 0.29) is 18.4 Å². The molecule has 9 heteroatoms. The van der Waals surface area contributed by atoms with Crippen molar-refractivity contribution in [3.8, 4) is 11.5 Å². The second kappa shape index (κ2) is 11.3. The van der Waals surface area contributed by atoms with Crippen molar-refractivity contribution >= 4 is 28.5 Å². The van der Waals surface area contributed by atoms with Crippen molar-refractivity contribution in [3.05, 3.63) is 78.4 Å². The summed E-state index contributed by atoms with van der Waals surface area (Å²) in [4.78, 5) is 29.5. The van der Waals surface area contributed by atoms with E-state index in [2.05, 4.69) is 15.6 Å². The SMILES string of the molecule is CCOc1ccc([C@H](C(=O)NC(C)(C)C)N(C(=O)Cn2nnc3ccccc32)c2ccccc2)cc1OC. The minimum absolute atomic E-state index is 0.108. The van der Waals surface area contributed by atoms with Crippen molar-refractivity contribution in [3.63, 3.8) is 0 Å². The number of hydrogen-bond acceptors (Lipinski definition) is 6. The van der Waals surface area contributed by atoms with E-state index in [9.17, 15) is 9.59 Å². The Bertz CT molecular complexity index is 1410. The summed E-state index contributed by atoms with van der Waals surface area (Å²) in [5.41, 5.74) is 2.03. The molecule has 0 bridgehead atoms. The van der Waals surface area contributed by atoms with Crippen LogP contribution in [0.15, 0.2) is 72.8 Å². The first-order valence-corrected chi connectivity index (χ1v) is 12.5. The Labute approximate surface area is 222 Å². The van der Waals surface area contributed by atoms with Gasteiger partial charge in [0.05, 0.1) is 19.2 Å². The molecule has 1 atom stereocenters. The van der Waals surface area contributed by atoms with Gasteiger partial charge in [0.2, 0.25) is 11.8 Å². The minimum atomic E-state index is -0.997. The lowest BCUT2D eigenvalue weighted by atomic mass is 10.00. The predicted octanol–water partition coefficient (Wildman–Crippen LogP) is 4.53. The highest BCUT2D eigenvalue weighted by molar-refractivity contribution is 6.01. The van der Waals surface area contributed by atoms with Crippen LogP contribution in [-0.2, 0) is 16.1 Å². The smallest absolute Gasteiger partial charge is 0.249 e. The summed E-state index contributed by atoms with van der Waals surface area (Å²) in [5.74, 6) is 0.374. The molecule has 0 spiro atoms. The fourth-order valence-corrected chi connectivity index (χ4v) is 4.25. The number of rotatable bonds is 9. The maximum absolute atomic E-state index is 14.1. The van der Waals surface area contributed by atoms with Crippen molar-refractivity contribution < 1.29 is 19.1 Å². The Morgan fingerprint density at radius 3 is 2.39 bits per heavy atom. The molecule has 0 aliphatic carbocycles. The predicted molar refractivity (Wildman–Crippen MR) is 146 cm³/mol. The second-order valence-corrected chi connectivity index (χ2v) is 9.82. The molecule has 0 aliphatic rings. The van der Waals surface area contributed by atoms with E-state index >= 15 is 0 Å². The highest BCUT2D eigenvalue weighted by atomic mass is 16.5. The first kappa shape index (κ1) is 26.7. The van der Waals surface area contributed by atoms with E-state index in [0.717, 1.165) is 5.52 Å². The average molecular weight is 516 g/mol. The number of nitrogens with one attached hydrogen (secondary N) is 1. The van der Waals surface area contributed by atoms with Crippen molar-refractivity contribution in [1.82, 2.24) is 20.3 Å². The van der Waals surface area contributed by atoms with Crippen LogP contribution in [0, 0.1) is 0 Å². The molecule has 0 fully saturated rings. The molecule has 1 aromatic heterocycles. The van der Waals surface area contributed by atoms with Gasteiger partial charge in [-0.25, -0.2) is 4.68 Å². The van der Waals surface area contributed by atoms with Gasteiger partial charge < -0.3 is 14.8 Å². The molecule has 38 heavy (non-hydrogen) atoms. The van der Waals surface area contributed by atoms with Crippen molar-refractivity contribution in [2.75, 3.05) is 18.6 Å². The lowest BCUT2D eigenvalue weighted by molar-refractivity contribution is -0.128. The van der Waals surface area contributed by atoms with E-state index in [1.165, 1.54) is 4.90 Å². The van der Waals surface area contributed by atoms with Gasteiger partial charge in [-0.2, -0.15) is 0 Å². The first-order chi connectivity index (χ1) is 18.2. The molecular weight excluding hydrogens is 482 g/mol. The zero-order valence-corrected chi connectivity index (χ0v) is 22.3. The van der Waals surface area contributed by atoms with Gasteiger partial charge in [0.25, 0.3) is 0 Å². The van der Waals surface area contributed by atoms with Crippen LogP contribution in [0.5, 0.6) is 11.5 Å². The summed E-state index contributed by atoms with van der Waals surface area (Å²) in [5, 5.41) is 11.4. The number of anilines is 1. The van der Waals surface area contributed by atoms with E-state index in [0.29, 0.717) is 34.9 Å². The zero-order valence-electron chi connectivity index (χ0n) is 22.3. The number of hydrogen-bond donors (Lipinski definition) is 1. The molecular formula is C29H33N5O4. The normalized spacial score (nSPS) is 12.1. The lowest BCUT2D eigenvalue weighted by Crippen LogP contribution is -2.50. The van der Waals surface area contributed by atoms with Gasteiger partial charge in [0, 0.05) is 11.2 Å². The number of amides is 2. The van der Waals surface area contributed by atoms with Crippen LogP contribution < -0.4 is 19.7 Å². The third-order valence-corrected chi connectivity index (χ3v) is 5.82. The Kier molecular flexibility index (Phi) is 7.95. The number of carbonyl (C=O) groups is 2. The van der Waals surface area contributed by atoms with E-state index in [1.54, 1.807) is 42.1 Å². The maximum Gasteiger partial charge on any atom is 0.249 e. The molecule has 2 amide bonds. The number of carbonyl (C=O) groups excluding carboxylic acids is 2. The Hall–Kier alpha value is -4.40. The molecule has 0 saturated heterocycles. The van der Waals surface area contributed by atoms with Gasteiger partial charge in [0.15, 0.2) is 11.5 Å². The maximum atomic E-state index is 14.1. The fourth-order valence-electron chi connectivity index (χ4n) is 4.25. The summed E-state index contributed by atoms with van der Waals surface area (Å²) in [7, 11) is 1.54. The van der Waals surface area contributed by atoms with E-state index in [4.69, 9.17) is 9.47 Å². The third kappa shape index (κ3) is 5.94. The summed E-state index contributed by atoms with van der Waals surface area (Å²) in [6.45, 7) is 7.94. The number of methoxy groups -OCH3 is 1. The van der Waals surface area contributed by atoms with Gasteiger partial charge in [-0.1, -0.05) is 41.6 Å². The monoisotopic (exact) mass is 515 g/mol. The Morgan fingerprint density at radius 2 is 1.71 bits per heavy atom. The molecule has 3 aromatic carbocycles. The zero-order chi connectivity index (χ0) is 27.3. The highest BCUT2D eigenvalue weighted by Crippen LogP contribution is 2.35. The summed E-state index contributed by atoms with van der Waals surface area (Å²) >= 11 is 0. The molecule has 0 radical (unpaired) electrons. The molecule has 0 saturated carbocycles. The largest absolute Gasteiger partial charge is 0.493 e. The van der Waals surface area contributed by atoms with Gasteiger partial charge >= 0.3 is 0 Å². The molecule has 198 valence electrons. The number of nitrogens with zero attached hydrogens (tertiary/aromatic N) is 4. The van der Waals surface area contributed by atoms with Gasteiger partial charge in [0.1, 0.15) is 18.1 Å². The number of ether oxygens (including phenoxy) is 2. The van der Waals surface area contributed by atoms with Gasteiger partial charge in [-0.3, -0.25) is 14.5 Å². The first-order valence-electron chi connectivity index (χ1n) is 12.5. The highest BCUT2D eigenvalue weighted by Gasteiger charge is 2.35. The van der Waals surface area contributed by atoms with Crippen molar-refractivity contribution in [2.24, 2.45) is 0 Å². The van der Waals surface area contributed by atoms with Crippen LogP contribution >= 0.6 is 0 Å². The second-order valence-electron chi connectivity index (χ2n) is 9.82. The van der Waals surface area contributed by atoms with E-state index in [1.807, 2.05) is 70.2 Å². The van der Waals surface area contributed by atoms with E-state index < -0.39 is 11.6 Å². The molecule has 0 aliphatic heterocycles. The molecule has 9 nitrogen and oxygen atoms in total. The molecule has 1 N–H and O–H groups in total. The topological polar surface area (TPSA) is 98.6 Å². The number of benzene rings is 3. The molecule has 4 rings (SSSR count). The Balaban J connectivity index is 1.83. The van der Waals surface area contributed by atoms with Crippen LogP contribution in [-0.4, -0.2) is 46.1 Å². The summed E-state index contributed by atoms with van der Waals surface area (Å²) < 4.78 is 12.8. The third-order valence-electron chi connectivity index (χ3n) is 5.82. The van der Waals surface area contributed by atoms with Crippen molar-refractivity contribution in [2.45, 2.75) is 45.8 Å². The summed E-state index contributed by atoms with van der Waals surface area (Å²) in [6.07, 6.45) is 0. The van der Waals surface area contributed by atoms with Gasteiger partial charge in [-0.15, -0.1) is 5.10 Å². The molecule has 0 unspecified atom stereocenters. The van der Waals surface area contributed by atoms with Crippen LogP contribution in [0.1, 0.15) is 39.3 Å². The van der Waals surface area contributed by atoms with Crippen LogP contribution in [0.3, 0.4) is 0 Å². The number of fused-ring (bicyclic) bond motifs is 1. The lowest BCUT2D eigenvalue weighted by Gasteiger charge is -2.34. The minimum Gasteiger partial charge on any atom is -0.493 e. The standard InChI is InChI=1S/C29H33N5O4/c1-6-38-24-17-16-20(18-25(24)37-5)27(28(36)30-29(2,3)4)34(21-12-8-7-9-13-21)26(35)19-33-23-15-11-10-14-22(23)31-32-33/h7-18,27H,6,19H2,1-5H3,(H,30,36)/t27-/m1/s1. The quantitative estimate of drug-likeness (QED) is 0.352. The van der Waals surface area contributed by atoms with Crippen LogP contribution in [0.4, 0.5) is 5.69 Å². The fraction of sp³-hybridized carbons (Fsp3) is 0.310. The molecule has 1 heterocycles. The average Bonchev–Trinajstić information content (AvgIpc) is 3.29. The van der Waals surface area contributed by atoms with Gasteiger partial charge in [-0.05, 0) is 69.7 Å². The number of aromatic nitrogens is 3. The Morgan fingerprint density at radius 1 is 1.00 bits per heavy atom. The van der Waals surface area contributed by atoms with Crippen LogP contribution in [0.25, 0.3) is 11.0 Å². The number of para-hydroxylation sites is 2. The van der Waals surface area contributed by atoms with Crippen LogP contribution in [0.2, 0.25) is 0 Å². The summed E-state index contributed by atoms with van der Waals surface area (Å²) in [6, 6.07) is 20.9. The van der Waals surface area contributed by atoms with Crippen molar-refractivity contribution in [1.29, 1.82) is 0 Å². The molecule has 4 aromatic rings.